The lowest BCUT2D eigenvalue weighted by molar-refractivity contribution is 0.158. The monoisotopic (exact) mass is 496 g/mol. The van der Waals surface area contributed by atoms with Gasteiger partial charge in [-0.15, -0.1) is 0 Å². The van der Waals surface area contributed by atoms with E-state index >= 15 is 0 Å². The number of urea groups is 1. The minimum atomic E-state index is -0.398. The number of fused-ring (bicyclic) bond motifs is 2. The molecule has 1 aliphatic heterocycles. The zero-order valence-corrected chi connectivity index (χ0v) is 22.0. The molecule has 0 spiro atoms. The molecule has 2 heterocycles. The standard InChI is InChI=1S/C30H32N4O3/c1-29(2,3)19-9-7-18(8-10-19)27-32-22-12-11-20(17-24(22)33-27)31-28(35)34-23-13-14-25-21(26(23)36-6)15-16-30(4,5)37-25/h7-17H,1-6H3,(H,32,33)(H2,31,34,35). The Morgan fingerprint density at radius 3 is 2.49 bits per heavy atom. The van der Waals surface area contributed by atoms with Crippen LogP contribution in [0.15, 0.2) is 60.7 Å². The zero-order chi connectivity index (χ0) is 26.4. The summed E-state index contributed by atoms with van der Waals surface area (Å²) in [5.41, 5.74) is 5.62. The number of H-pyrrole nitrogens is 1. The highest BCUT2D eigenvalue weighted by molar-refractivity contribution is 6.02. The summed E-state index contributed by atoms with van der Waals surface area (Å²) in [5.74, 6) is 2.04. The lowest BCUT2D eigenvalue weighted by atomic mass is 9.87. The van der Waals surface area contributed by atoms with Crippen LogP contribution in [0.5, 0.6) is 11.5 Å². The molecule has 0 saturated carbocycles. The van der Waals surface area contributed by atoms with Gasteiger partial charge in [0.15, 0.2) is 5.75 Å². The number of rotatable bonds is 4. The molecule has 0 bridgehead atoms. The molecule has 3 N–H and O–H groups in total. The van der Waals surface area contributed by atoms with Gasteiger partial charge in [-0.1, -0.05) is 45.0 Å². The Labute approximate surface area is 216 Å². The lowest BCUT2D eigenvalue weighted by Crippen LogP contribution is -2.27. The van der Waals surface area contributed by atoms with E-state index in [0.717, 1.165) is 28.0 Å². The van der Waals surface area contributed by atoms with Crippen LogP contribution in [0.3, 0.4) is 0 Å². The fourth-order valence-corrected chi connectivity index (χ4v) is 4.38. The van der Waals surface area contributed by atoms with E-state index in [4.69, 9.17) is 14.5 Å². The van der Waals surface area contributed by atoms with E-state index in [1.54, 1.807) is 13.2 Å². The number of aromatic amines is 1. The molecule has 1 aromatic heterocycles. The Kier molecular flexibility index (Phi) is 5.94. The minimum absolute atomic E-state index is 0.0953. The normalized spacial score (nSPS) is 14.1. The molecule has 0 radical (unpaired) electrons. The van der Waals surface area contributed by atoms with Gasteiger partial charge < -0.3 is 25.1 Å². The smallest absolute Gasteiger partial charge is 0.323 e. The minimum Gasteiger partial charge on any atom is -0.494 e. The number of nitrogens with one attached hydrogen (secondary N) is 3. The van der Waals surface area contributed by atoms with Gasteiger partial charge in [-0.05, 0) is 67.3 Å². The summed E-state index contributed by atoms with van der Waals surface area (Å²) in [6.07, 6.45) is 3.93. The van der Waals surface area contributed by atoms with E-state index < -0.39 is 5.60 Å². The van der Waals surface area contributed by atoms with Crippen LogP contribution in [0.4, 0.5) is 16.2 Å². The Morgan fingerprint density at radius 2 is 1.78 bits per heavy atom. The zero-order valence-electron chi connectivity index (χ0n) is 22.0. The van der Waals surface area contributed by atoms with Crippen molar-refractivity contribution in [3.8, 4) is 22.9 Å². The number of carbonyl (C=O) groups excluding carboxylic acids is 1. The van der Waals surface area contributed by atoms with Gasteiger partial charge in [-0.25, -0.2) is 9.78 Å². The number of benzene rings is 3. The van der Waals surface area contributed by atoms with Crippen molar-refractivity contribution in [2.45, 2.75) is 45.6 Å². The third-order valence-corrected chi connectivity index (χ3v) is 6.40. The third kappa shape index (κ3) is 5.03. The van der Waals surface area contributed by atoms with Crippen LogP contribution in [0, 0.1) is 0 Å². The summed E-state index contributed by atoms with van der Waals surface area (Å²) in [5, 5.41) is 5.78. The predicted octanol–water partition coefficient (Wildman–Crippen LogP) is 7.36. The molecule has 0 aliphatic carbocycles. The first-order chi connectivity index (χ1) is 17.5. The summed E-state index contributed by atoms with van der Waals surface area (Å²) in [6, 6.07) is 17.3. The molecule has 4 aromatic rings. The summed E-state index contributed by atoms with van der Waals surface area (Å²) >= 11 is 0. The van der Waals surface area contributed by atoms with E-state index in [1.165, 1.54) is 5.56 Å². The Morgan fingerprint density at radius 1 is 1.03 bits per heavy atom. The first-order valence-corrected chi connectivity index (χ1v) is 12.3. The van der Waals surface area contributed by atoms with Crippen LogP contribution in [-0.4, -0.2) is 28.7 Å². The van der Waals surface area contributed by atoms with Crippen molar-refractivity contribution in [3.63, 3.8) is 0 Å². The van der Waals surface area contributed by atoms with Crippen LogP contribution in [0.2, 0.25) is 0 Å². The van der Waals surface area contributed by atoms with Crippen molar-refractivity contribution >= 4 is 34.5 Å². The Bertz CT molecular complexity index is 1510. The van der Waals surface area contributed by atoms with Crippen molar-refractivity contribution in [1.82, 2.24) is 9.97 Å². The van der Waals surface area contributed by atoms with Crippen LogP contribution in [-0.2, 0) is 5.41 Å². The van der Waals surface area contributed by atoms with Crippen LogP contribution < -0.4 is 20.1 Å². The molecular weight excluding hydrogens is 464 g/mol. The number of anilines is 2. The highest BCUT2D eigenvalue weighted by atomic mass is 16.5. The van der Waals surface area contributed by atoms with Crippen molar-refractivity contribution in [3.05, 3.63) is 71.8 Å². The maximum absolute atomic E-state index is 12.8. The highest BCUT2D eigenvalue weighted by Gasteiger charge is 2.25. The molecule has 0 saturated heterocycles. The van der Waals surface area contributed by atoms with E-state index in [2.05, 4.69) is 60.7 Å². The first kappa shape index (κ1) is 24.4. The van der Waals surface area contributed by atoms with Crippen LogP contribution in [0.1, 0.15) is 45.7 Å². The second-order valence-corrected chi connectivity index (χ2v) is 10.8. The molecule has 1 aliphatic rings. The Hall–Kier alpha value is -4.26. The molecular formula is C30H32N4O3. The summed E-state index contributed by atoms with van der Waals surface area (Å²) in [7, 11) is 1.58. The average molecular weight is 497 g/mol. The van der Waals surface area contributed by atoms with E-state index in [-0.39, 0.29) is 11.4 Å². The number of hydrogen-bond donors (Lipinski definition) is 3. The van der Waals surface area contributed by atoms with E-state index in [9.17, 15) is 4.79 Å². The van der Waals surface area contributed by atoms with Gasteiger partial charge in [-0.3, -0.25) is 0 Å². The SMILES string of the molecule is COc1c(NC(=O)Nc2ccc3[nH]c(-c4ccc(C(C)(C)C)cc4)nc3c2)ccc2c1C=CC(C)(C)O2. The molecule has 190 valence electrons. The molecule has 5 rings (SSSR count). The molecule has 0 fully saturated rings. The maximum Gasteiger partial charge on any atom is 0.323 e. The number of hydrogen-bond acceptors (Lipinski definition) is 4. The molecule has 37 heavy (non-hydrogen) atoms. The molecule has 2 amide bonds. The number of aromatic nitrogens is 2. The number of amides is 2. The van der Waals surface area contributed by atoms with E-state index in [1.807, 2.05) is 50.3 Å². The van der Waals surface area contributed by atoms with Gasteiger partial charge >= 0.3 is 6.03 Å². The molecule has 3 aromatic carbocycles. The van der Waals surface area contributed by atoms with E-state index in [0.29, 0.717) is 22.9 Å². The topological polar surface area (TPSA) is 88.3 Å². The molecule has 7 nitrogen and oxygen atoms in total. The second kappa shape index (κ2) is 9.00. The number of nitrogens with zero attached hydrogens (tertiary/aromatic N) is 1. The largest absolute Gasteiger partial charge is 0.494 e. The second-order valence-electron chi connectivity index (χ2n) is 10.8. The molecule has 0 atom stereocenters. The van der Waals surface area contributed by atoms with Crippen LogP contribution in [0.25, 0.3) is 28.5 Å². The summed E-state index contributed by atoms with van der Waals surface area (Å²) in [6.45, 7) is 10.6. The van der Waals surface area contributed by atoms with Gasteiger partial charge in [0.1, 0.15) is 17.2 Å². The number of carbonyl (C=O) groups is 1. The first-order valence-electron chi connectivity index (χ1n) is 12.3. The van der Waals surface area contributed by atoms with Crippen LogP contribution >= 0.6 is 0 Å². The molecule has 0 unspecified atom stereocenters. The summed E-state index contributed by atoms with van der Waals surface area (Å²) < 4.78 is 11.6. The lowest BCUT2D eigenvalue weighted by Gasteiger charge is -2.29. The summed E-state index contributed by atoms with van der Waals surface area (Å²) in [4.78, 5) is 21.0. The average Bonchev–Trinajstić information content (AvgIpc) is 3.26. The number of ether oxygens (including phenoxy) is 2. The third-order valence-electron chi connectivity index (χ3n) is 6.40. The molecule has 7 heteroatoms. The highest BCUT2D eigenvalue weighted by Crippen LogP contribution is 2.41. The van der Waals surface area contributed by atoms with Gasteiger partial charge in [0, 0.05) is 11.3 Å². The van der Waals surface area contributed by atoms with Crippen molar-refractivity contribution in [1.29, 1.82) is 0 Å². The van der Waals surface area contributed by atoms with Gasteiger partial charge in [0.2, 0.25) is 0 Å². The fraction of sp³-hybridized carbons (Fsp3) is 0.267. The quantitative estimate of drug-likeness (QED) is 0.275. The van der Waals surface area contributed by atoms with Crippen molar-refractivity contribution in [2.24, 2.45) is 0 Å². The van der Waals surface area contributed by atoms with Gasteiger partial charge in [-0.2, -0.15) is 0 Å². The predicted molar refractivity (Wildman–Crippen MR) is 150 cm³/mol. The van der Waals surface area contributed by atoms with Crippen molar-refractivity contribution < 1.29 is 14.3 Å². The number of methoxy groups -OCH3 is 1. The number of imidazole rings is 1. The Balaban J connectivity index is 1.33. The van der Waals surface area contributed by atoms with Gasteiger partial charge in [0.05, 0.1) is 29.4 Å². The fourth-order valence-electron chi connectivity index (χ4n) is 4.38. The van der Waals surface area contributed by atoms with Gasteiger partial charge in [0.25, 0.3) is 0 Å². The maximum atomic E-state index is 12.8. The van der Waals surface area contributed by atoms with Crippen molar-refractivity contribution in [2.75, 3.05) is 17.7 Å².